The predicted octanol–water partition coefficient (Wildman–Crippen LogP) is 2.06. The summed E-state index contributed by atoms with van der Waals surface area (Å²) in [6, 6.07) is 0.858. The highest BCUT2D eigenvalue weighted by atomic mass is 15.2. The van der Waals surface area contributed by atoms with Crippen molar-refractivity contribution in [2.24, 2.45) is 22.6 Å². The molecule has 1 fully saturated rings. The van der Waals surface area contributed by atoms with Crippen LogP contribution in [0, 0.1) is 11.8 Å². The molecule has 1 aliphatic heterocycles. The lowest BCUT2D eigenvalue weighted by atomic mass is 9.94. The van der Waals surface area contributed by atoms with Crippen LogP contribution in [0.2, 0.25) is 0 Å². The van der Waals surface area contributed by atoms with Crippen LogP contribution in [0.1, 0.15) is 47.5 Å². The Balaban J connectivity index is 2.53. The van der Waals surface area contributed by atoms with Gasteiger partial charge in [0.1, 0.15) is 0 Å². The Morgan fingerprint density at radius 1 is 1.26 bits per heavy atom. The van der Waals surface area contributed by atoms with Gasteiger partial charge in [-0.3, -0.25) is 9.89 Å². The predicted molar refractivity (Wildman–Crippen MR) is 83.4 cm³/mol. The Kier molecular flexibility index (Phi) is 6.63. The van der Waals surface area contributed by atoms with E-state index in [0.717, 1.165) is 12.5 Å². The molecule has 1 rings (SSSR count). The summed E-state index contributed by atoms with van der Waals surface area (Å²) in [7, 11) is 0. The summed E-state index contributed by atoms with van der Waals surface area (Å²) >= 11 is 0. The van der Waals surface area contributed by atoms with Gasteiger partial charge in [-0.05, 0) is 51.6 Å². The van der Waals surface area contributed by atoms with E-state index < -0.39 is 0 Å². The van der Waals surface area contributed by atoms with Crippen LogP contribution in [-0.2, 0) is 0 Å². The van der Waals surface area contributed by atoms with Crippen molar-refractivity contribution in [2.75, 3.05) is 19.6 Å². The van der Waals surface area contributed by atoms with Gasteiger partial charge in [-0.2, -0.15) is 0 Å². The van der Waals surface area contributed by atoms with E-state index in [9.17, 15) is 0 Å². The number of nitrogens with two attached hydrogens (primary N) is 1. The molecule has 0 saturated carbocycles. The van der Waals surface area contributed by atoms with Crippen molar-refractivity contribution in [3.05, 3.63) is 0 Å². The molecule has 3 N–H and O–H groups in total. The number of likely N-dealkylation sites (tertiary alicyclic amines) is 1. The Labute approximate surface area is 118 Å². The Morgan fingerprint density at radius 2 is 1.84 bits per heavy atom. The van der Waals surface area contributed by atoms with E-state index in [1.165, 1.54) is 25.9 Å². The van der Waals surface area contributed by atoms with Gasteiger partial charge in [0.2, 0.25) is 0 Å². The summed E-state index contributed by atoms with van der Waals surface area (Å²) in [5, 5.41) is 3.16. The zero-order valence-electron chi connectivity index (χ0n) is 13.3. The lowest BCUT2D eigenvalue weighted by molar-refractivity contribution is 0.113. The van der Waals surface area contributed by atoms with Gasteiger partial charge in [0.15, 0.2) is 5.96 Å². The summed E-state index contributed by atoms with van der Waals surface area (Å²) in [6.07, 6.45) is 2.62. The van der Waals surface area contributed by atoms with Gasteiger partial charge >= 0.3 is 0 Å². The van der Waals surface area contributed by atoms with Gasteiger partial charge in [-0.25, -0.2) is 0 Å². The molecule has 0 aromatic rings. The van der Waals surface area contributed by atoms with Crippen LogP contribution in [0.25, 0.3) is 0 Å². The topological polar surface area (TPSA) is 53.6 Å². The SMILES string of the molecule is CC1CCN(C(CN=C(N)NC(C)C)C(C)C)CC1. The summed E-state index contributed by atoms with van der Waals surface area (Å²) in [5.41, 5.74) is 5.90. The van der Waals surface area contributed by atoms with E-state index in [1.54, 1.807) is 0 Å². The summed E-state index contributed by atoms with van der Waals surface area (Å²) in [4.78, 5) is 7.12. The first-order chi connectivity index (χ1) is 8.90. The maximum absolute atomic E-state index is 5.90. The molecule has 4 nitrogen and oxygen atoms in total. The smallest absolute Gasteiger partial charge is 0.188 e. The van der Waals surface area contributed by atoms with Crippen LogP contribution in [-0.4, -0.2) is 42.6 Å². The Bertz CT molecular complexity index is 278. The lowest BCUT2D eigenvalue weighted by Gasteiger charge is -2.38. The molecule has 1 atom stereocenters. The van der Waals surface area contributed by atoms with Crippen molar-refractivity contribution in [1.82, 2.24) is 10.2 Å². The Morgan fingerprint density at radius 3 is 2.32 bits per heavy atom. The average Bonchev–Trinajstić information content (AvgIpc) is 2.30. The fourth-order valence-corrected chi connectivity index (χ4v) is 2.64. The standard InChI is InChI=1S/C15H32N4/c1-11(2)14(10-17-15(16)18-12(3)4)19-8-6-13(5)7-9-19/h11-14H,6-10H2,1-5H3,(H3,16,17,18). The molecule has 0 aromatic carbocycles. The lowest BCUT2D eigenvalue weighted by Crippen LogP contribution is -2.46. The first-order valence-electron chi connectivity index (χ1n) is 7.70. The van der Waals surface area contributed by atoms with E-state index in [2.05, 4.69) is 49.8 Å². The highest BCUT2D eigenvalue weighted by Crippen LogP contribution is 2.21. The number of aliphatic imine (C=N–C) groups is 1. The molecule has 0 radical (unpaired) electrons. The van der Waals surface area contributed by atoms with Crippen molar-refractivity contribution in [2.45, 2.75) is 59.5 Å². The second kappa shape index (κ2) is 7.73. The van der Waals surface area contributed by atoms with Crippen LogP contribution in [0.4, 0.5) is 0 Å². The number of hydrogen-bond acceptors (Lipinski definition) is 2. The third-order valence-corrected chi connectivity index (χ3v) is 3.94. The third kappa shape index (κ3) is 5.81. The van der Waals surface area contributed by atoms with Crippen LogP contribution >= 0.6 is 0 Å². The van der Waals surface area contributed by atoms with Crippen LogP contribution in [0.15, 0.2) is 4.99 Å². The number of nitrogens with zero attached hydrogens (tertiary/aromatic N) is 2. The monoisotopic (exact) mass is 268 g/mol. The van der Waals surface area contributed by atoms with E-state index in [0.29, 0.717) is 24.0 Å². The minimum Gasteiger partial charge on any atom is -0.370 e. The van der Waals surface area contributed by atoms with E-state index >= 15 is 0 Å². The molecule has 19 heavy (non-hydrogen) atoms. The molecule has 0 bridgehead atoms. The Hall–Kier alpha value is -0.770. The normalized spacial score (nSPS) is 21.1. The van der Waals surface area contributed by atoms with E-state index in [1.807, 2.05) is 0 Å². The summed E-state index contributed by atoms with van der Waals surface area (Å²) in [6.45, 7) is 14.3. The van der Waals surface area contributed by atoms with Crippen LogP contribution in [0.5, 0.6) is 0 Å². The highest BCUT2D eigenvalue weighted by molar-refractivity contribution is 5.78. The van der Waals surface area contributed by atoms with Crippen molar-refractivity contribution in [3.63, 3.8) is 0 Å². The van der Waals surface area contributed by atoms with E-state index in [-0.39, 0.29) is 0 Å². The third-order valence-electron chi connectivity index (χ3n) is 3.94. The van der Waals surface area contributed by atoms with Crippen molar-refractivity contribution < 1.29 is 0 Å². The van der Waals surface area contributed by atoms with Crippen LogP contribution in [0.3, 0.4) is 0 Å². The number of guanidine groups is 1. The minimum absolute atomic E-state index is 0.345. The number of rotatable bonds is 5. The summed E-state index contributed by atoms with van der Waals surface area (Å²) in [5.74, 6) is 2.07. The largest absolute Gasteiger partial charge is 0.370 e. The van der Waals surface area contributed by atoms with Gasteiger partial charge in [-0.15, -0.1) is 0 Å². The van der Waals surface area contributed by atoms with Crippen LogP contribution < -0.4 is 11.1 Å². The van der Waals surface area contributed by atoms with Gasteiger partial charge in [-0.1, -0.05) is 20.8 Å². The quantitative estimate of drug-likeness (QED) is 0.593. The highest BCUT2D eigenvalue weighted by Gasteiger charge is 2.25. The number of nitrogens with one attached hydrogen (secondary N) is 1. The minimum atomic E-state index is 0.345. The van der Waals surface area contributed by atoms with Crippen molar-refractivity contribution in [3.8, 4) is 0 Å². The van der Waals surface area contributed by atoms with Gasteiger partial charge in [0.25, 0.3) is 0 Å². The maximum atomic E-state index is 5.90. The molecular formula is C15H32N4. The fourth-order valence-electron chi connectivity index (χ4n) is 2.64. The maximum Gasteiger partial charge on any atom is 0.188 e. The fraction of sp³-hybridized carbons (Fsp3) is 0.933. The second-order valence-electron chi connectivity index (χ2n) is 6.55. The summed E-state index contributed by atoms with van der Waals surface area (Å²) < 4.78 is 0. The van der Waals surface area contributed by atoms with Crippen molar-refractivity contribution >= 4 is 5.96 Å². The van der Waals surface area contributed by atoms with Gasteiger partial charge < -0.3 is 11.1 Å². The zero-order valence-corrected chi connectivity index (χ0v) is 13.3. The zero-order chi connectivity index (χ0) is 14.4. The van der Waals surface area contributed by atoms with Crippen molar-refractivity contribution in [1.29, 1.82) is 0 Å². The molecule has 1 aliphatic rings. The molecule has 1 unspecified atom stereocenters. The first kappa shape index (κ1) is 16.3. The second-order valence-corrected chi connectivity index (χ2v) is 6.55. The number of hydrogen-bond donors (Lipinski definition) is 2. The molecule has 1 saturated heterocycles. The van der Waals surface area contributed by atoms with Gasteiger partial charge in [0, 0.05) is 12.1 Å². The first-order valence-corrected chi connectivity index (χ1v) is 7.70. The van der Waals surface area contributed by atoms with Gasteiger partial charge in [0.05, 0.1) is 6.54 Å². The molecule has 0 amide bonds. The molecule has 4 heteroatoms. The molecule has 0 spiro atoms. The molecule has 0 aromatic heterocycles. The molecule has 1 heterocycles. The molecule has 112 valence electrons. The average molecular weight is 268 g/mol. The molecular weight excluding hydrogens is 236 g/mol. The molecule has 0 aliphatic carbocycles. The number of piperidine rings is 1. The van der Waals surface area contributed by atoms with E-state index in [4.69, 9.17) is 5.73 Å².